The van der Waals surface area contributed by atoms with Crippen LogP contribution in [0.25, 0.3) is 0 Å². The van der Waals surface area contributed by atoms with Gasteiger partial charge in [0.25, 0.3) is 0 Å². The lowest BCUT2D eigenvalue weighted by atomic mass is 10.2. The van der Waals surface area contributed by atoms with Gasteiger partial charge in [0.2, 0.25) is 0 Å². The van der Waals surface area contributed by atoms with Crippen molar-refractivity contribution < 1.29 is 22.7 Å². The molecule has 3 aromatic carbocycles. The number of rotatable bonds is 6. The summed E-state index contributed by atoms with van der Waals surface area (Å²) in [6.07, 6.45) is -4.39. The highest BCUT2D eigenvalue weighted by Crippen LogP contribution is 2.31. The van der Waals surface area contributed by atoms with Gasteiger partial charge in [0, 0.05) is 0 Å². The third-order valence-corrected chi connectivity index (χ3v) is 3.98. The molecule has 3 rings (SSSR count). The summed E-state index contributed by atoms with van der Waals surface area (Å²) in [7, 11) is 0. The Kier molecular flexibility index (Phi) is 6.86. The number of halogens is 3. The molecule has 0 amide bonds. The fraction of sp³-hybridized carbons (Fsp3) is 0.136. The number of benzene rings is 3. The topological polar surface area (TPSA) is 75.7 Å². The first-order valence-electron chi connectivity index (χ1n) is 9.23. The minimum absolute atomic E-state index is 0.306. The molecule has 6 nitrogen and oxygen atoms in total. The number of carbonyl (C=O) groups is 1. The maximum absolute atomic E-state index is 12.6. The van der Waals surface area contributed by atoms with E-state index in [-0.39, 0.29) is 0 Å². The quantitative estimate of drug-likeness (QED) is 0.299. The van der Waals surface area contributed by atoms with E-state index >= 15 is 0 Å². The monoisotopic (exact) mass is 426 g/mol. The van der Waals surface area contributed by atoms with E-state index in [9.17, 15) is 18.0 Å². The molecule has 31 heavy (non-hydrogen) atoms. The Morgan fingerprint density at radius 1 is 0.710 bits per heavy atom. The molecular formula is C22H17F3N4O2. The highest BCUT2D eigenvalue weighted by molar-refractivity contribution is 5.89. The average Bonchev–Trinajstić information content (AvgIpc) is 2.77. The number of ether oxygens (including phenoxy) is 1. The fourth-order valence-electron chi connectivity index (χ4n) is 2.41. The summed E-state index contributed by atoms with van der Waals surface area (Å²) >= 11 is 0. The van der Waals surface area contributed by atoms with E-state index in [0.29, 0.717) is 34.9 Å². The molecule has 0 heterocycles. The molecule has 0 fully saturated rings. The van der Waals surface area contributed by atoms with E-state index in [1.807, 2.05) is 0 Å². The highest BCUT2D eigenvalue weighted by atomic mass is 19.4. The maximum atomic E-state index is 12.6. The van der Waals surface area contributed by atoms with Crippen LogP contribution in [-0.2, 0) is 10.9 Å². The van der Waals surface area contributed by atoms with Crippen LogP contribution in [0.4, 0.5) is 35.9 Å². The molecular weight excluding hydrogens is 409 g/mol. The Labute approximate surface area is 176 Å². The van der Waals surface area contributed by atoms with Gasteiger partial charge in [-0.3, -0.25) is 0 Å². The normalized spacial score (nSPS) is 11.9. The Hall–Kier alpha value is -3.88. The summed E-state index contributed by atoms with van der Waals surface area (Å²) in [5.74, 6) is -0.396. The Morgan fingerprint density at radius 2 is 1.06 bits per heavy atom. The standard InChI is InChI=1S/C22H17F3N4O2/c1-2-31-21(30)15-3-7-17(8-4-15)26-28-19-11-13-20(14-12-19)29-27-18-9-5-16(6-10-18)22(23,24)25/h3-14H,2H2,1H3. The van der Waals surface area contributed by atoms with E-state index in [1.54, 1.807) is 55.5 Å². The highest BCUT2D eigenvalue weighted by Gasteiger charge is 2.29. The molecule has 0 saturated carbocycles. The molecule has 9 heteroatoms. The minimum atomic E-state index is -4.39. The number of azo groups is 2. The van der Waals surface area contributed by atoms with Crippen LogP contribution in [0.1, 0.15) is 22.8 Å². The van der Waals surface area contributed by atoms with Crippen LogP contribution in [0.5, 0.6) is 0 Å². The van der Waals surface area contributed by atoms with E-state index in [0.717, 1.165) is 12.1 Å². The average molecular weight is 426 g/mol. The molecule has 0 saturated heterocycles. The van der Waals surface area contributed by atoms with Crippen LogP contribution in [-0.4, -0.2) is 12.6 Å². The molecule has 0 aromatic heterocycles. The summed E-state index contributed by atoms with van der Waals surface area (Å²) in [5.41, 5.74) is 1.66. The molecule has 0 aliphatic rings. The van der Waals surface area contributed by atoms with Crippen LogP contribution in [0.2, 0.25) is 0 Å². The Morgan fingerprint density at radius 3 is 1.42 bits per heavy atom. The van der Waals surface area contributed by atoms with Crippen molar-refractivity contribution >= 4 is 28.7 Å². The van der Waals surface area contributed by atoms with Gasteiger partial charge in [0.15, 0.2) is 0 Å². The molecule has 0 N–H and O–H groups in total. The van der Waals surface area contributed by atoms with Gasteiger partial charge in [0.05, 0.1) is 40.5 Å². The van der Waals surface area contributed by atoms with Crippen LogP contribution in [0, 0.1) is 0 Å². The molecule has 0 atom stereocenters. The van der Waals surface area contributed by atoms with Gasteiger partial charge < -0.3 is 4.74 Å². The van der Waals surface area contributed by atoms with E-state index in [2.05, 4.69) is 20.5 Å². The van der Waals surface area contributed by atoms with Gasteiger partial charge in [-0.05, 0) is 79.7 Å². The summed E-state index contributed by atoms with van der Waals surface area (Å²) in [6.45, 7) is 2.04. The van der Waals surface area contributed by atoms with Crippen molar-refractivity contribution in [2.75, 3.05) is 6.61 Å². The first kappa shape index (κ1) is 21.8. The lowest BCUT2D eigenvalue weighted by molar-refractivity contribution is -0.137. The van der Waals surface area contributed by atoms with Crippen LogP contribution >= 0.6 is 0 Å². The number of carbonyl (C=O) groups excluding carboxylic acids is 1. The summed E-state index contributed by atoms with van der Waals surface area (Å²) in [6, 6.07) is 17.6. The van der Waals surface area contributed by atoms with E-state index in [4.69, 9.17) is 4.74 Å². The van der Waals surface area contributed by atoms with Crippen LogP contribution in [0.3, 0.4) is 0 Å². The zero-order valence-corrected chi connectivity index (χ0v) is 16.4. The second kappa shape index (κ2) is 9.75. The lowest BCUT2D eigenvalue weighted by Crippen LogP contribution is -2.03. The van der Waals surface area contributed by atoms with Crippen molar-refractivity contribution in [2.45, 2.75) is 13.1 Å². The largest absolute Gasteiger partial charge is 0.462 e. The fourth-order valence-corrected chi connectivity index (χ4v) is 2.41. The maximum Gasteiger partial charge on any atom is 0.416 e. The van der Waals surface area contributed by atoms with Crippen molar-refractivity contribution in [3.63, 3.8) is 0 Å². The number of hydrogen-bond acceptors (Lipinski definition) is 6. The van der Waals surface area contributed by atoms with Crippen molar-refractivity contribution in [3.8, 4) is 0 Å². The van der Waals surface area contributed by atoms with Gasteiger partial charge in [-0.15, -0.1) is 0 Å². The molecule has 0 aliphatic heterocycles. The molecule has 0 bridgehead atoms. The Balaban J connectivity index is 1.61. The number of nitrogens with zero attached hydrogens (tertiary/aromatic N) is 4. The summed E-state index contributed by atoms with van der Waals surface area (Å²) in [5, 5.41) is 16.1. The van der Waals surface area contributed by atoms with Crippen molar-refractivity contribution in [1.82, 2.24) is 0 Å². The second-order valence-corrected chi connectivity index (χ2v) is 6.23. The third-order valence-electron chi connectivity index (χ3n) is 3.98. The smallest absolute Gasteiger partial charge is 0.416 e. The molecule has 0 radical (unpaired) electrons. The third kappa shape index (κ3) is 6.30. The number of esters is 1. The van der Waals surface area contributed by atoms with Gasteiger partial charge in [-0.2, -0.15) is 33.6 Å². The van der Waals surface area contributed by atoms with Crippen LogP contribution in [0.15, 0.2) is 93.3 Å². The van der Waals surface area contributed by atoms with Crippen LogP contribution < -0.4 is 0 Å². The molecule has 0 unspecified atom stereocenters. The number of alkyl halides is 3. The number of hydrogen-bond donors (Lipinski definition) is 0. The molecule has 158 valence electrons. The van der Waals surface area contributed by atoms with Gasteiger partial charge >= 0.3 is 12.1 Å². The summed E-state index contributed by atoms with van der Waals surface area (Å²) < 4.78 is 42.6. The molecule has 3 aromatic rings. The molecule has 0 spiro atoms. The zero-order valence-electron chi connectivity index (χ0n) is 16.4. The van der Waals surface area contributed by atoms with Gasteiger partial charge in [-0.1, -0.05) is 0 Å². The van der Waals surface area contributed by atoms with Gasteiger partial charge in [-0.25, -0.2) is 4.79 Å². The first-order valence-corrected chi connectivity index (χ1v) is 9.23. The summed E-state index contributed by atoms with van der Waals surface area (Å²) in [4.78, 5) is 11.6. The van der Waals surface area contributed by atoms with E-state index < -0.39 is 17.7 Å². The predicted molar refractivity (Wildman–Crippen MR) is 109 cm³/mol. The SMILES string of the molecule is CCOC(=O)c1ccc(N=Nc2ccc(N=Nc3ccc(C(F)(F)F)cc3)cc2)cc1. The first-order chi connectivity index (χ1) is 14.8. The van der Waals surface area contributed by atoms with Crippen molar-refractivity contribution in [2.24, 2.45) is 20.5 Å². The zero-order chi connectivity index (χ0) is 22.3. The van der Waals surface area contributed by atoms with Gasteiger partial charge in [0.1, 0.15) is 0 Å². The van der Waals surface area contributed by atoms with Crippen molar-refractivity contribution in [3.05, 3.63) is 83.9 Å². The second-order valence-electron chi connectivity index (χ2n) is 6.23. The minimum Gasteiger partial charge on any atom is -0.462 e. The van der Waals surface area contributed by atoms with Crippen molar-refractivity contribution in [1.29, 1.82) is 0 Å². The Bertz CT molecular complexity index is 1080. The van der Waals surface area contributed by atoms with E-state index in [1.165, 1.54) is 12.1 Å². The predicted octanol–water partition coefficient (Wildman–Crippen LogP) is 7.71. The lowest BCUT2D eigenvalue weighted by Gasteiger charge is -2.05. The molecule has 0 aliphatic carbocycles.